The van der Waals surface area contributed by atoms with Gasteiger partial charge in [-0.15, -0.1) is 12.4 Å². The Labute approximate surface area is 142 Å². The first-order valence-electron chi connectivity index (χ1n) is 7.52. The van der Waals surface area contributed by atoms with Gasteiger partial charge in [-0.2, -0.15) is 0 Å². The molecule has 5 heteroatoms. The SMILES string of the molecule is Cl.NC(CC(=O)N1CCc2ccc(O)cc2C1)c1ccccc1. The number of phenols is 1. The lowest BCUT2D eigenvalue weighted by molar-refractivity contribution is -0.132. The van der Waals surface area contributed by atoms with Gasteiger partial charge >= 0.3 is 0 Å². The number of aromatic hydroxyl groups is 1. The number of nitrogens with two attached hydrogens (primary N) is 1. The van der Waals surface area contributed by atoms with Gasteiger partial charge in [-0.05, 0) is 35.2 Å². The number of carbonyl (C=O) groups excluding carboxylic acids is 1. The summed E-state index contributed by atoms with van der Waals surface area (Å²) in [4.78, 5) is 14.3. The molecule has 0 saturated heterocycles. The van der Waals surface area contributed by atoms with Gasteiger partial charge in [0.1, 0.15) is 5.75 Å². The molecule has 1 heterocycles. The lowest BCUT2D eigenvalue weighted by Crippen LogP contribution is -2.37. The fourth-order valence-electron chi connectivity index (χ4n) is 2.89. The van der Waals surface area contributed by atoms with Crippen molar-refractivity contribution in [1.82, 2.24) is 4.90 Å². The van der Waals surface area contributed by atoms with E-state index in [9.17, 15) is 9.90 Å². The fraction of sp³-hybridized carbons (Fsp3) is 0.278. The molecule has 2 aromatic rings. The average molecular weight is 333 g/mol. The summed E-state index contributed by atoms with van der Waals surface area (Å²) in [6, 6.07) is 14.8. The van der Waals surface area contributed by atoms with Crippen LogP contribution in [-0.4, -0.2) is 22.5 Å². The minimum Gasteiger partial charge on any atom is -0.508 e. The highest BCUT2D eigenvalue weighted by Gasteiger charge is 2.22. The van der Waals surface area contributed by atoms with Crippen molar-refractivity contribution in [2.75, 3.05) is 6.54 Å². The molecule has 0 saturated carbocycles. The Hall–Kier alpha value is -2.04. The molecular weight excluding hydrogens is 312 g/mol. The third kappa shape index (κ3) is 4.03. The summed E-state index contributed by atoms with van der Waals surface area (Å²) in [5, 5.41) is 9.58. The van der Waals surface area contributed by atoms with Crippen LogP contribution < -0.4 is 5.73 Å². The van der Waals surface area contributed by atoms with Crippen molar-refractivity contribution in [1.29, 1.82) is 0 Å². The van der Waals surface area contributed by atoms with Crippen molar-refractivity contribution in [3.05, 3.63) is 65.2 Å². The van der Waals surface area contributed by atoms with Crippen LogP contribution in [0.15, 0.2) is 48.5 Å². The first-order chi connectivity index (χ1) is 10.6. The molecule has 0 bridgehead atoms. The molecule has 0 spiro atoms. The number of rotatable bonds is 3. The van der Waals surface area contributed by atoms with Gasteiger partial charge in [-0.3, -0.25) is 4.79 Å². The zero-order valence-electron chi connectivity index (χ0n) is 12.8. The van der Waals surface area contributed by atoms with Crippen LogP contribution in [0.3, 0.4) is 0 Å². The molecule has 23 heavy (non-hydrogen) atoms. The number of hydrogen-bond acceptors (Lipinski definition) is 3. The molecule has 1 atom stereocenters. The molecule has 0 aliphatic carbocycles. The van der Waals surface area contributed by atoms with E-state index in [2.05, 4.69) is 0 Å². The molecule has 122 valence electrons. The second-order valence-electron chi connectivity index (χ2n) is 5.74. The van der Waals surface area contributed by atoms with Crippen molar-refractivity contribution in [2.45, 2.75) is 25.4 Å². The molecule has 0 fully saturated rings. The molecule has 0 radical (unpaired) electrons. The summed E-state index contributed by atoms with van der Waals surface area (Å²) in [7, 11) is 0. The minimum absolute atomic E-state index is 0. The van der Waals surface area contributed by atoms with Gasteiger partial charge in [0.2, 0.25) is 5.91 Å². The normalized spacial score (nSPS) is 14.6. The van der Waals surface area contributed by atoms with E-state index in [4.69, 9.17) is 5.73 Å². The van der Waals surface area contributed by atoms with Gasteiger partial charge in [-0.25, -0.2) is 0 Å². The average Bonchev–Trinajstić information content (AvgIpc) is 2.54. The predicted molar refractivity (Wildman–Crippen MR) is 92.5 cm³/mol. The van der Waals surface area contributed by atoms with Crippen molar-refractivity contribution < 1.29 is 9.90 Å². The molecule has 1 amide bonds. The Bertz CT molecular complexity index is 676. The highest BCUT2D eigenvalue weighted by Crippen LogP contribution is 2.24. The number of halogens is 1. The molecular formula is C18H21ClN2O2. The minimum atomic E-state index is -0.278. The molecule has 3 rings (SSSR count). The summed E-state index contributed by atoms with van der Waals surface area (Å²) in [5.41, 5.74) is 9.34. The predicted octanol–water partition coefficient (Wildman–Crippen LogP) is 2.79. The van der Waals surface area contributed by atoms with E-state index < -0.39 is 0 Å². The van der Waals surface area contributed by atoms with E-state index in [0.29, 0.717) is 19.5 Å². The lowest BCUT2D eigenvalue weighted by atomic mass is 9.98. The summed E-state index contributed by atoms with van der Waals surface area (Å²) >= 11 is 0. The zero-order valence-corrected chi connectivity index (χ0v) is 13.6. The summed E-state index contributed by atoms with van der Waals surface area (Å²) in [5.74, 6) is 0.305. The van der Waals surface area contributed by atoms with Crippen LogP contribution in [0.25, 0.3) is 0 Å². The van der Waals surface area contributed by atoms with Crippen LogP contribution in [0.2, 0.25) is 0 Å². The van der Waals surface area contributed by atoms with Gasteiger partial charge in [0, 0.05) is 25.6 Å². The van der Waals surface area contributed by atoms with Crippen LogP contribution in [0, 0.1) is 0 Å². The fourth-order valence-corrected chi connectivity index (χ4v) is 2.89. The quantitative estimate of drug-likeness (QED) is 0.908. The maximum atomic E-state index is 12.5. The van der Waals surface area contributed by atoms with Crippen molar-refractivity contribution in [2.24, 2.45) is 5.73 Å². The van der Waals surface area contributed by atoms with E-state index in [1.165, 1.54) is 5.56 Å². The maximum Gasteiger partial charge on any atom is 0.224 e. The van der Waals surface area contributed by atoms with Gasteiger partial charge in [0.15, 0.2) is 0 Å². The molecule has 4 nitrogen and oxygen atoms in total. The van der Waals surface area contributed by atoms with E-state index in [0.717, 1.165) is 17.5 Å². The Balaban J connectivity index is 0.00000192. The van der Waals surface area contributed by atoms with Gasteiger partial charge in [-0.1, -0.05) is 36.4 Å². The van der Waals surface area contributed by atoms with Crippen molar-refractivity contribution in [3.63, 3.8) is 0 Å². The van der Waals surface area contributed by atoms with E-state index in [1.54, 1.807) is 12.1 Å². The molecule has 3 N–H and O–H groups in total. The Morgan fingerprint density at radius 2 is 1.91 bits per heavy atom. The lowest BCUT2D eigenvalue weighted by Gasteiger charge is -2.30. The number of benzene rings is 2. The molecule has 1 aliphatic heterocycles. The first kappa shape index (κ1) is 17.3. The summed E-state index contributed by atoms with van der Waals surface area (Å²) in [6.07, 6.45) is 1.13. The van der Waals surface area contributed by atoms with Crippen molar-refractivity contribution >= 4 is 18.3 Å². The highest BCUT2D eigenvalue weighted by molar-refractivity contribution is 5.85. The molecule has 1 unspecified atom stereocenters. The highest BCUT2D eigenvalue weighted by atomic mass is 35.5. The third-order valence-electron chi connectivity index (χ3n) is 4.18. The van der Waals surface area contributed by atoms with Crippen LogP contribution >= 0.6 is 12.4 Å². The number of fused-ring (bicyclic) bond motifs is 1. The van der Waals surface area contributed by atoms with E-state index >= 15 is 0 Å². The number of hydrogen-bond donors (Lipinski definition) is 2. The van der Waals surface area contributed by atoms with Gasteiger partial charge in [0.05, 0.1) is 0 Å². The molecule has 0 aromatic heterocycles. The standard InChI is InChI=1S/C18H20N2O2.ClH/c19-17(14-4-2-1-3-5-14)11-18(22)20-9-8-13-6-7-16(21)10-15(13)12-20;/h1-7,10,17,21H,8-9,11-12,19H2;1H. The van der Waals surface area contributed by atoms with Crippen LogP contribution in [0.4, 0.5) is 0 Å². The Morgan fingerprint density at radius 3 is 2.65 bits per heavy atom. The van der Waals surface area contributed by atoms with Crippen LogP contribution in [0.1, 0.15) is 29.2 Å². The number of phenolic OH excluding ortho intramolecular Hbond substituents is 1. The smallest absolute Gasteiger partial charge is 0.224 e. The zero-order chi connectivity index (χ0) is 15.5. The van der Waals surface area contributed by atoms with E-state index in [-0.39, 0.29) is 30.1 Å². The Morgan fingerprint density at radius 1 is 1.17 bits per heavy atom. The largest absolute Gasteiger partial charge is 0.508 e. The Kier molecular flexibility index (Phi) is 5.64. The second kappa shape index (κ2) is 7.49. The van der Waals surface area contributed by atoms with Crippen molar-refractivity contribution in [3.8, 4) is 5.75 Å². The topological polar surface area (TPSA) is 66.6 Å². The van der Waals surface area contributed by atoms with Gasteiger partial charge in [0.25, 0.3) is 0 Å². The number of nitrogens with zero attached hydrogens (tertiary/aromatic N) is 1. The second-order valence-corrected chi connectivity index (χ2v) is 5.74. The number of carbonyl (C=O) groups is 1. The monoisotopic (exact) mass is 332 g/mol. The van der Waals surface area contributed by atoms with E-state index in [1.807, 2.05) is 41.3 Å². The number of amides is 1. The molecule has 2 aromatic carbocycles. The maximum absolute atomic E-state index is 12.5. The van der Waals surface area contributed by atoms with Crippen LogP contribution in [0.5, 0.6) is 5.75 Å². The van der Waals surface area contributed by atoms with Gasteiger partial charge < -0.3 is 15.7 Å². The first-order valence-corrected chi connectivity index (χ1v) is 7.52. The molecule has 1 aliphatic rings. The summed E-state index contributed by atoms with van der Waals surface area (Å²) < 4.78 is 0. The third-order valence-corrected chi connectivity index (χ3v) is 4.18. The van der Waals surface area contributed by atoms with Crippen LogP contribution in [-0.2, 0) is 17.8 Å². The summed E-state index contributed by atoms with van der Waals surface area (Å²) in [6.45, 7) is 1.25.